The molecule has 2 aromatic rings. The predicted molar refractivity (Wildman–Crippen MR) is 95.6 cm³/mol. The molecule has 1 aromatic carbocycles. The van der Waals surface area contributed by atoms with Crippen LogP contribution in [0.15, 0.2) is 35.0 Å². The first-order valence-electron chi connectivity index (χ1n) is 7.61. The maximum atomic E-state index is 12.0. The summed E-state index contributed by atoms with van der Waals surface area (Å²) in [5, 5.41) is 9.19. The number of hydrogen-bond acceptors (Lipinski definition) is 4. The molecule has 2 N–H and O–H groups in total. The Kier molecular flexibility index (Phi) is 5.87. The summed E-state index contributed by atoms with van der Waals surface area (Å²) in [6.07, 6.45) is 0. The van der Waals surface area contributed by atoms with E-state index in [4.69, 9.17) is 0 Å². The fourth-order valence-electron chi connectivity index (χ4n) is 2.32. The average molecular weight is 344 g/mol. The fraction of sp³-hybridized carbons (Fsp3) is 0.278. The number of aryl methyl sites for hydroxylation is 1. The Morgan fingerprint density at radius 3 is 2.50 bits per heavy atom. The Morgan fingerprint density at radius 1 is 1.17 bits per heavy atom. The molecule has 0 radical (unpaired) electrons. The molecule has 2 rings (SSSR count). The Bertz CT molecular complexity index is 754. The zero-order valence-corrected chi connectivity index (χ0v) is 14.7. The first-order chi connectivity index (χ1) is 11.4. The molecule has 0 saturated carbocycles. The van der Waals surface area contributed by atoms with Crippen molar-refractivity contribution in [3.05, 3.63) is 51.7 Å². The van der Waals surface area contributed by atoms with Crippen LogP contribution in [0.25, 0.3) is 0 Å². The first-order valence-corrected chi connectivity index (χ1v) is 8.55. The van der Waals surface area contributed by atoms with Crippen LogP contribution in [0.1, 0.15) is 41.3 Å². The predicted octanol–water partition coefficient (Wildman–Crippen LogP) is 3.12. The van der Waals surface area contributed by atoms with Gasteiger partial charge < -0.3 is 10.6 Å². The minimum Gasteiger partial charge on any atom is -0.347 e. The number of hydrogen-bond donors (Lipinski definition) is 2. The van der Waals surface area contributed by atoms with Crippen molar-refractivity contribution in [1.82, 2.24) is 5.32 Å². The van der Waals surface area contributed by atoms with E-state index < -0.39 is 11.8 Å². The molecule has 0 aliphatic carbocycles. The summed E-state index contributed by atoms with van der Waals surface area (Å²) in [4.78, 5) is 35.3. The van der Waals surface area contributed by atoms with E-state index in [1.807, 2.05) is 23.8 Å². The molecule has 0 saturated heterocycles. The van der Waals surface area contributed by atoms with Gasteiger partial charge in [-0.1, -0.05) is 6.92 Å². The SMILES string of the molecule is CC(=O)c1ccc(NC(=O)C(=O)NC[C@@H](C)c2ccsc2)cc1C. The standard InChI is InChI=1S/C18H20N2O3S/c1-11-8-15(4-5-16(11)13(3)21)20-18(23)17(22)19-9-12(2)14-6-7-24-10-14/h4-8,10,12H,9H2,1-3H3,(H,19,22)(H,20,23)/t12-/m1/s1. The number of nitrogens with one attached hydrogen (secondary N) is 2. The van der Waals surface area contributed by atoms with E-state index in [0.29, 0.717) is 17.8 Å². The van der Waals surface area contributed by atoms with Crippen molar-refractivity contribution in [2.24, 2.45) is 0 Å². The van der Waals surface area contributed by atoms with Gasteiger partial charge in [0, 0.05) is 17.8 Å². The van der Waals surface area contributed by atoms with Crippen molar-refractivity contribution in [2.75, 3.05) is 11.9 Å². The molecule has 6 heteroatoms. The van der Waals surface area contributed by atoms with Crippen molar-refractivity contribution >= 4 is 34.6 Å². The molecular formula is C18H20N2O3S. The highest BCUT2D eigenvalue weighted by Crippen LogP contribution is 2.17. The van der Waals surface area contributed by atoms with Crippen molar-refractivity contribution in [1.29, 1.82) is 0 Å². The molecule has 1 heterocycles. The van der Waals surface area contributed by atoms with Gasteiger partial charge in [0.05, 0.1) is 0 Å². The number of carbonyl (C=O) groups excluding carboxylic acids is 3. The molecule has 1 aromatic heterocycles. The molecule has 0 fully saturated rings. The smallest absolute Gasteiger partial charge is 0.313 e. The quantitative estimate of drug-likeness (QED) is 0.646. The molecule has 0 spiro atoms. The fourth-order valence-corrected chi connectivity index (χ4v) is 3.11. The highest BCUT2D eigenvalue weighted by molar-refractivity contribution is 7.07. The second-order valence-electron chi connectivity index (χ2n) is 5.71. The lowest BCUT2D eigenvalue weighted by atomic mass is 10.0. The maximum absolute atomic E-state index is 12.0. The highest BCUT2D eigenvalue weighted by Gasteiger charge is 2.16. The summed E-state index contributed by atoms with van der Waals surface area (Å²) in [6, 6.07) is 6.93. The van der Waals surface area contributed by atoms with Crippen molar-refractivity contribution in [2.45, 2.75) is 26.7 Å². The normalized spacial score (nSPS) is 11.6. The van der Waals surface area contributed by atoms with Gasteiger partial charge in [0.25, 0.3) is 0 Å². The molecule has 2 amide bonds. The van der Waals surface area contributed by atoms with Crippen LogP contribution in [0.4, 0.5) is 5.69 Å². The molecule has 24 heavy (non-hydrogen) atoms. The van der Waals surface area contributed by atoms with Gasteiger partial charge in [-0.2, -0.15) is 11.3 Å². The molecular weight excluding hydrogens is 324 g/mol. The molecule has 0 aliphatic heterocycles. The first kappa shape index (κ1) is 17.9. The highest BCUT2D eigenvalue weighted by atomic mass is 32.1. The molecule has 126 valence electrons. The minimum absolute atomic E-state index is 0.0365. The van der Waals surface area contributed by atoms with E-state index >= 15 is 0 Å². The topological polar surface area (TPSA) is 75.3 Å². The molecule has 0 aliphatic rings. The molecule has 0 unspecified atom stereocenters. The number of carbonyl (C=O) groups is 3. The van der Waals surface area contributed by atoms with Crippen LogP contribution in [0.5, 0.6) is 0 Å². The zero-order valence-electron chi connectivity index (χ0n) is 13.9. The van der Waals surface area contributed by atoms with Crippen LogP contribution in [0.2, 0.25) is 0 Å². The van der Waals surface area contributed by atoms with Crippen LogP contribution in [-0.2, 0) is 9.59 Å². The van der Waals surface area contributed by atoms with Crippen molar-refractivity contribution in [3.63, 3.8) is 0 Å². The summed E-state index contributed by atoms with van der Waals surface area (Å²) in [7, 11) is 0. The summed E-state index contributed by atoms with van der Waals surface area (Å²) in [5.41, 5.74) is 2.98. The summed E-state index contributed by atoms with van der Waals surface area (Å²) in [5.74, 6) is -1.29. The van der Waals surface area contributed by atoms with Gasteiger partial charge in [-0.3, -0.25) is 14.4 Å². The Balaban J connectivity index is 1.91. The second-order valence-corrected chi connectivity index (χ2v) is 6.49. The number of Topliss-reactive ketones (excluding diaryl/α,β-unsaturated/α-hetero) is 1. The summed E-state index contributed by atoms with van der Waals surface area (Å²) >= 11 is 1.60. The van der Waals surface area contributed by atoms with E-state index in [2.05, 4.69) is 10.6 Å². The van der Waals surface area contributed by atoms with Gasteiger partial charge in [-0.25, -0.2) is 0 Å². The lowest BCUT2D eigenvalue weighted by Gasteiger charge is -2.12. The lowest BCUT2D eigenvalue weighted by molar-refractivity contribution is -0.136. The molecule has 5 nitrogen and oxygen atoms in total. The maximum Gasteiger partial charge on any atom is 0.313 e. The van der Waals surface area contributed by atoms with Crippen LogP contribution < -0.4 is 10.6 Å². The third-order valence-electron chi connectivity index (χ3n) is 3.75. The molecule has 0 bridgehead atoms. The van der Waals surface area contributed by atoms with Gasteiger partial charge in [-0.15, -0.1) is 0 Å². The number of amides is 2. The number of benzene rings is 1. The van der Waals surface area contributed by atoms with E-state index in [9.17, 15) is 14.4 Å². The van der Waals surface area contributed by atoms with Gasteiger partial charge in [-0.05, 0) is 65.9 Å². The third kappa shape index (κ3) is 4.52. The minimum atomic E-state index is -0.720. The second kappa shape index (κ2) is 7.88. The number of ketones is 1. The summed E-state index contributed by atoms with van der Waals surface area (Å²) < 4.78 is 0. The Hall–Kier alpha value is -2.47. The third-order valence-corrected chi connectivity index (χ3v) is 4.45. The van der Waals surface area contributed by atoms with E-state index in [1.165, 1.54) is 6.92 Å². The lowest BCUT2D eigenvalue weighted by Crippen LogP contribution is -2.37. The van der Waals surface area contributed by atoms with E-state index in [1.54, 1.807) is 36.5 Å². The van der Waals surface area contributed by atoms with Crippen LogP contribution in [-0.4, -0.2) is 24.1 Å². The van der Waals surface area contributed by atoms with Gasteiger partial charge >= 0.3 is 11.8 Å². The largest absolute Gasteiger partial charge is 0.347 e. The zero-order chi connectivity index (χ0) is 17.7. The van der Waals surface area contributed by atoms with Gasteiger partial charge in [0.15, 0.2) is 5.78 Å². The van der Waals surface area contributed by atoms with Gasteiger partial charge in [0.2, 0.25) is 0 Å². The van der Waals surface area contributed by atoms with E-state index in [0.717, 1.165) is 11.1 Å². The average Bonchev–Trinajstić information content (AvgIpc) is 3.06. The van der Waals surface area contributed by atoms with Crippen LogP contribution >= 0.6 is 11.3 Å². The monoisotopic (exact) mass is 344 g/mol. The van der Waals surface area contributed by atoms with Crippen molar-refractivity contribution in [3.8, 4) is 0 Å². The number of thiophene rings is 1. The Morgan fingerprint density at radius 2 is 1.92 bits per heavy atom. The Labute approximate surface area is 145 Å². The summed E-state index contributed by atoms with van der Waals surface area (Å²) in [6.45, 7) is 5.66. The molecule has 1 atom stereocenters. The number of rotatable bonds is 5. The van der Waals surface area contributed by atoms with E-state index in [-0.39, 0.29) is 11.7 Å². The van der Waals surface area contributed by atoms with Crippen molar-refractivity contribution < 1.29 is 14.4 Å². The van der Waals surface area contributed by atoms with Crippen LogP contribution in [0.3, 0.4) is 0 Å². The van der Waals surface area contributed by atoms with Crippen LogP contribution in [0, 0.1) is 6.92 Å². The van der Waals surface area contributed by atoms with Gasteiger partial charge in [0.1, 0.15) is 0 Å². The number of anilines is 1.